The van der Waals surface area contributed by atoms with E-state index in [-0.39, 0.29) is 0 Å². The number of anilines is 1. The molecule has 32 heavy (non-hydrogen) atoms. The van der Waals surface area contributed by atoms with Crippen molar-refractivity contribution in [2.75, 3.05) is 25.0 Å². The van der Waals surface area contributed by atoms with E-state index in [0.29, 0.717) is 29.4 Å². The molecule has 0 amide bonds. The molecule has 3 atom stereocenters. The minimum Gasteiger partial charge on any atom is -0.369 e. The quantitative estimate of drug-likeness (QED) is 0.616. The Morgan fingerprint density at radius 2 is 1.59 bits per heavy atom. The maximum Gasteiger partial charge on any atom is 0.143 e. The number of nitriles is 1. The number of rotatable bonds is 4. The summed E-state index contributed by atoms with van der Waals surface area (Å²) >= 11 is 0. The molecule has 0 radical (unpaired) electrons. The third-order valence-corrected chi connectivity index (χ3v) is 7.63. The van der Waals surface area contributed by atoms with Crippen molar-refractivity contribution < 1.29 is 0 Å². The van der Waals surface area contributed by atoms with Crippen LogP contribution in [0, 0.1) is 17.2 Å². The molecule has 3 aromatic rings. The van der Waals surface area contributed by atoms with Crippen LogP contribution in [0.15, 0.2) is 54.6 Å². The number of aromatic nitrogens is 2. The molecule has 2 aromatic carbocycles. The van der Waals surface area contributed by atoms with Crippen LogP contribution in [0.1, 0.15) is 60.3 Å². The van der Waals surface area contributed by atoms with E-state index in [1.807, 2.05) is 0 Å². The molecule has 5 nitrogen and oxygen atoms in total. The van der Waals surface area contributed by atoms with Gasteiger partial charge in [0.15, 0.2) is 0 Å². The van der Waals surface area contributed by atoms with Gasteiger partial charge in [-0.25, -0.2) is 4.68 Å². The lowest BCUT2D eigenvalue weighted by Gasteiger charge is -2.34. The topological polar surface area (TPSA) is 65.7 Å². The van der Waals surface area contributed by atoms with Gasteiger partial charge in [-0.05, 0) is 67.7 Å². The third kappa shape index (κ3) is 3.40. The molecule has 1 saturated carbocycles. The molecule has 0 spiro atoms. The second kappa shape index (κ2) is 8.11. The fourth-order valence-electron chi connectivity index (χ4n) is 5.80. The highest BCUT2D eigenvalue weighted by molar-refractivity contribution is 5.74. The Bertz CT molecular complexity index is 1140. The molecule has 162 valence electrons. The zero-order valence-corrected chi connectivity index (χ0v) is 18.3. The van der Waals surface area contributed by atoms with Crippen LogP contribution < -0.4 is 10.6 Å². The minimum atomic E-state index is 0.381. The van der Waals surface area contributed by atoms with Crippen LogP contribution in [-0.4, -0.2) is 29.4 Å². The van der Waals surface area contributed by atoms with E-state index < -0.39 is 0 Å². The molecule has 2 fully saturated rings. The van der Waals surface area contributed by atoms with Crippen molar-refractivity contribution >= 4 is 5.82 Å². The fourth-order valence-corrected chi connectivity index (χ4v) is 5.80. The molecule has 6 rings (SSSR count). The van der Waals surface area contributed by atoms with E-state index in [1.54, 1.807) is 0 Å². The average Bonchev–Trinajstić information content (AvgIpc) is 3.58. The standard InChI is InChI=1S/C27H29N5/c28-17-24-26(31-32-25(12-15-30-27(24)32)20-10-13-29-14-11-20)21-8-6-19(7-9-21)23-16-22(23)18-4-2-1-3-5-18/h1-9,20,22-23,25,29-30H,10-16H2/t22?,23?,25-/m0/s1. The van der Waals surface area contributed by atoms with E-state index in [0.717, 1.165) is 43.1 Å². The first-order chi connectivity index (χ1) is 15.8. The number of benzene rings is 2. The van der Waals surface area contributed by atoms with E-state index >= 15 is 0 Å². The van der Waals surface area contributed by atoms with Gasteiger partial charge in [0.2, 0.25) is 0 Å². The molecule has 2 aliphatic heterocycles. The van der Waals surface area contributed by atoms with Crippen LogP contribution in [0.5, 0.6) is 0 Å². The monoisotopic (exact) mass is 423 g/mol. The maximum absolute atomic E-state index is 9.98. The van der Waals surface area contributed by atoms with Crippen molar-refractivity contribution in [1.29, 1.82) is 5.26 Å². The van der Waals surface area contributed by atoms with Gasteiger partial charge in [0.1, 0.15) is 23.1 Å². The number of hydrogen-bond donors (Lipinski definition) is 2. The van der Waals surface area contributed by atoms with Gasteiger partial charge in [0.25, 0.3) is 0 Å². The summed E-state index contributed by atoms with van der Waals surface area (Å²) < 4.78 is 2.13. The molecule has 3 heterocycles. The molecule has 1 aliphatic carbocycles. The van der Waals surface area contributed by atoms with Crippen molar-refractivity contribution in [3.05, 3.63) is 71.3 Å². The fraction of sp³-hybridized carbons (Fsp3) is 0.407. The Labute approximate surface area is 189 Å². The van der Waals surface area contributed by atoms with Gasteiger partial charge in [-0.2, -0.15) is 10.4 Å². The molecular formula is C27H29N5. The van der Waals surface area contributed by atoms with Gasteiger partial charge in [0.05, 0.1) is 6.04 Å². The summed E-state index contributed by atoms with van der Waals surface area (Å²) in [5, 5.41) is 21.9. The van der Waals surface area contributed by atoms with Gasteiger partial charge in [-0.1, -0.05) is 54.6 Å². The van der Waals surface area contributed by atoms with E-state index in [4.69, 9.17) is 5.10 Å². The lowest BCUT2D eigenvalue weighted by Crippen LogP contribution is -2.36. The molecule has 2 N–H and O–H groups in total. The Balaban J connectivity index is 1.28. The first-order valence-electron chi connectivity index (χ1n) is 12.0. The van der Waals surface area contributed by atoms with Crippen LogP contribution in [0.2, 0.25) is 0 Å². The molecule has 1 aromatic heterocycles. The van der Waals surface area contributed by atoms with Gasteiger partial charge in [0, 0.05) is 12.1 Å². The van der Waals surface area contributed by atoms with Gasteiger partial charge in [-0.15, -0.1) is 0 Å². The largest absolute Gasteiger partial charge is 0.369 e. The lowest BCUT2D eigenvalue weighted by atomic mass is 9.87. The Morgan fingerprint density at radius 3 is 2.31 bits per heavy atom. The van der Waals surface area contributed by atoms with Gasteiger partial charge < -0.3 is 10.6 Å². The highest BCUT2D eigenvalue weighted by Crippen LogP contribution is 2.54. The number of nitrogens with one attached hydrogen (secondary N) is 2. The summed E-state index contributed by atoms with van der Waals surface area (Å²) in [7, 11) is 0. The SMILES string of the molecule is N#Cc1c(-c2ccc(C3CC3c3ccccc3)cc2)nn2c1NCC[C@H]2C1CCNCC1. The highest BCUT2D eigenvalue weighted by Gasteiger charge is 2.39. The predicted octanol–water partition coefficient (Wildman–Crippen LogP) is 5.05. The maximum atomic E-state index is 9.98. The minimum absolute atomic E-state index is 0.381. The van der Waals surface area contributed by atoms with E-state index in [1.165, 1.54) is 30.4 Å². The molecule has 2 unspecified atom stereocenters. The molecule has 1 saturated heterocycles. The van der Waals surface area contributed by atoms with E-state index in [9.17, 15) is 5.26 Å². The summed E-state index contributed by atoms with van der Waals surface area (Å²) in [5.41, 5.74) is 5.36. The Morgan fingerprint density at radius 1 is 0.875 bits per heavy atom. The van der Waals surface area contributed by atoms with Crippen molar-refractivity contribution in [3.63, 3.8) is 0 Å². The molecule has 5 heteroatoms. The Hall–Kier alpha value is -3.10. The van der Waals surface area contributed by atoms with Crippen molar-refractivity contribution in [3.8, 4) is 17.3 Å². The zero-order valence-electron chi connectivity index (χ0n) is 18.3. The van der Waals surface area contributed by atoms with Crippen molar-refractivity contribution in [1.82, 2.24) is 15.1 Å². The number of piperidine rings is 1. The lowest BCUT2D eigenvalue weighted by molar-refractivity contribution is 0.231. The average molecular weight is 424 g/mol. The first-order valence-corrected chi connectivity index (χ1v) is 12.0. The third-order valence-electron chi connectivity index (χ3n) is 7.63. The smallest absolute Gasteiger partial charge is 0.143 e. The van der Waals surface area contributed by atoms with Crippen LogP contribution in [0.4, 0.5) is 5.82 Å². The predicted molar refractivity (Wildman–Crippen MR) is 127 cm³/mol. The normalized spacial score (nSPS) is 24.9. The summed E-state index contributed by atoms with van der Waals surface area (Å²) in [5.74, 6) is 2.77. The summed E-state index contributed by atoms with van der Waals surface area (Å²) in [4.78, 5) is 0. The van der Waals surface area contributed by atoms with Crippen LogP contribution in [0.3, 0.4) is 0 Å². The number of fused-ring (bicyclic) bond motifs is 1. The summed E-state index contributed by atoms with van der Waals surface area (Å²) in [6, 6.07) is 22.4. The summed E-state index contributed by atoms with van der Waals surface area (Å²) in [6.07, 6.45) is 4.65. The molecular weight excluding hydrogens is 394 g/mol. The zero-order chi connectivity index (χ0) is 21.5. The van der Waals surface area contributed by atoms with Crippen LogP contribution in [-0.2, 0) is 0 Å². The van der Waals surface area contributed by atoms with E-state index in [2.05, 4.69) is 76.0 Å². The number of hydrogen-bond acceptors (Lipinski definition) is 4. The molecule has 0 bridgehead atoms. The first kappa shape index (κ1) is 19.6. The van der Waals surface area contributed by atoms with Gasteiger partial charge in [-0.3, -0.25) is 0 Å². The van der Waals surface area contributed by atoms with Crippen molar-refractivity contribution in [2.45, 2.75) is 43.6 Å². The number of nitrogens with zero attached hydrogens (tertiary/aromatic N) is 3. The second-order valence-corrected chi connectivity index (χ2v) is 9.48. The molecule has 3 aliphatic rings. The van der Waals surface area contributed by atoms with Crippen LogP contribution in [0.25, 0.3) is 11.3 Å². The highest BCUT2D eigenvalue weighted by atomic mass is 15.4. The van der Waals surface area contributed by atoms with Gasteiger partial charge >= 0.3 is 0 Å². The van der Waals surface area contributed by atoms with Crippen molar-refractivity contribution in [2.24, 2.45) is 5.92 Å². The Kier molecular flexibility index (Phi) is 4.96. The second-order valence-electron chi connectivity index (χ2n) is 9.48. The summed E-state index contributed by atoms with van der Waals surface area (Å²) in [6.45, 7) is 3.07. The van der Waals surface area contributed by atoms with Crippen LogP contribution >= 0.6 is 0 Å².